The number of hydrogen-bond acceptors (Lipinski definition) is 1. The predicted molar refractivity (Wildman–Crippen MR) is 90.0 cm³/mol. The van der Waals surface area contributed by atoms with Crippen molar-refractivity contribution in [1.82, 2.24) is 10.3 Å². The third-order valence-corrected chi connectivity index (χ3v) is 4.15. The number of benzene rings is 2. The fourth-order valence-corrected chi connectivity index (χ4v) is 2.83. The first kappa shape index (κ1) is 14.5. The molecular formula is C17H16Cl2N2. The third kappa shape index (κ3) is 3.24. The van der Waals surface area contributed by atoms with Crippen molar-refractivity contribution in [3.05, 3.63) is 69.8 Å². The van der Waals surface area contributed by atoms with Crippen LogP contribution >= 0.6 is 23.2 Å². The Bertz CT molecular complexity index is 764. The van der Waals surface area contributed by atoms with E-state index in [1.807, 2.05) is 36.5 Å². The zero-order valence-corrected chi connectivity index (χ0v) is 13.2. The molecule has 0 spiro atoms. The standard InChI is InChI=1S/C17H16Cl2N2/c1-11(12-3-2-4-14(18)7-12)20-9-13-10-21-17-8-15(19)5-6-16(13)17/h2-8,10-11,20-21H,9H2,1H3. The molecule has 1 aromatic heterocycles. The van der Waals surface area contributed by atoms with Crippen molar-refractivity contribution in [3.8, 4) is 0 Å². The quantitative estimate of drug-likeness (QED) is 0.669. The lowest BCUT2D eigenvalue weighted by Gasteiger charge is -2.14. The van der Waals surface area contributed by atoms with Gasteiger partial charge in [0.1, 0.15) is 0 Å². The Kier molecular flexibility index (Phi) is 4.20. The number of nitrogens with one attached hydrogen (secondary N) is 2. The van der Waals surface area contributed by atoms with Gasteiger partial charge >= 0.3 is 0 Å². The van der Waals surface area contributed by atoms with E-state index < -0.39 is 0 Å². The van der Waals surface area contributed by atoms with Crippen molar-refractivity contribution < 1.29 is 0 Å². The number of rotatable bonds is 4. The summed E-state index contributed by atoms with van der Waals surface area (Å²) in [5, 5.41) is 6.24. The largest absolute Gasteiger partial charge is 0.361 e. The van der Waals surface area contributed by atoms with Crippen LogP contribution in [0.15, 0.2) is 48.7 Å². The molecule has 2 N–H and O–H groups in total. The molecule has 3 rings (SSSR count). The number of H-pyrrole nitrogens is 1. The molecule has 0 saturated carbocycles. The minimum Gasteiger partial charge on any atom is -0.361 e. The van der Waals surface area contributed by atoms with E-state index in [4.69, 9.17) is 23.2 Å². The molecule has 0 bridgehead atoms. The number of fused-ring (bicyclic) bond motifs is 1. The third-order valence-electron chi connectivity index (χ3n) is 3.68. The Morgan fingerprint density at radius 2 is 1.90 bits per heavy atom. The summed E-state index contributed by atoms with van der Waals surface area (Å²) in [6.07, 6.45) is 2.03. The summed E-state index contributed by atoms with van der Waals surface area (Å²) in [4.78, 5) is 3.26. The maximum atomic E-state index is 6.04. The molecule has 2 aromatic carbocycles. The molecule has 3 aromatic rings. The molecule has 1 unspecified atom stereocenters. The molecule has 4 heteroatoms. The average molecular weight is 319 g/mol. The molecule has 108 valence electrons. The molecule has 0 aliphatic rings. The van der Waals surface area contributed by atoms with Crippen LogP contribution in [0.3, 0.4) is 0 Å². The number of halogens is 2. The highest BCUT2D eigenvalue weighted by molar-refractivity contribution is 6.31. The van der Waals surface area contributed by atoms with Gasteiger partial charge in [-0.2, -0.15) is 0 Å². The molecule has 0 radical (unpaired) electrons. The topological polar surface area (TPSA) is 27.8 Å². The summed E-state index contributed by atoms with van der Waals surface area (Å²) >= 11 is 12.0. The zero-order chi connectivity index (χ0) is 14.8. The monoisotopic (exact) mass is 318 g/mol. The second-order valence-corrected chi connectivity index (χ2v) is 6.03. The van der Waals surface area contributed by atoms with E-state index in [2.05, 4.69) is 29.4 Å². The maximum Gasteiger partial charge on any atom is 0.0472 e. The number of aromatic amines is 1. The fraction of sp³-hybridized carbons (Fsp3) is 0.176. The van der Waals surface area contributed by atoms with Gasteiger partial charge in [0.15, 0.2) is 0 Å². The first-order valence-electron chi connectivity index (χ1n) is 6.88. The molecule has 21 heavy (non-hydrogen) atoms. The van der Waals surface area contributed by atoms with Gasteiger partial charge in [-0.3, -0.25) is 0 Å². The van der Waals surface area contributed by atoms with Crippen molar-refractivity contribution in [3.63, 3.8) is 0 Å². The van der Waals surface area contributed by atoms with E-state index in [0.717, 1.165) is 22.1 Å². The van der Waals surface area contributed by atoms with Crippen LogP contribution in [0.4, 0.5) is 0 Å². The van der Waals surface area contributed by atoms with E-state index in [0.29, 0.717) is 0 Å². The molecule has 0 saturated heterocycles. The highest BCUT2D eigenvalue weighted by Crippen LogP contribution is 2.23. The minimum atomic E-state index is 0.237. The second kappa shape index (κ2) is 6.10. The smallest absolute Gasteiger partial charge is 0.0472 e. The van der Waals surface area contributed by atoms with Crippen molar-refractivity contribution in [2.75, 3.05) is 0 Å². The lowest BCUT2D eigenvalue weighted by atomic mass is 10.1. The number of aromatic nitrogens is 1. The molecular weight excluding hydrogens is 303 g/mol. The SMILES string of the molecule is CC(NCc1c[nH]c2cc(Cl)ccc12)c1cccc(Cl)c1. The Morgan fingerprint density at radius 3 is 2.71 bits per heavy atom. The van der Waals surface area contributed by atoms with Gasteiger partial charge in [-0.1, -0.05) is 41.4 Å². The van der Waals surface area contributed by atoms with E-state index in [9.17, 15) is 0 Å². The lowest BCUT2D eigenvalue weighted by molar-refractivity contribution is 0.576. The molecule has 0 amide bonds. The van der Waals surface area contributed by atoms with E-state index >= 15 is 0 Å². The highest BCUT2D eigenvalue weighted by atomic mass is 35.5. The summed E-state index contributed by atoms with van der Waals surface area (Å²) in [6.45, 7) is 2.92. The first-order chi connectivity index (χ1) is 10.1. The van der Waals surface area contributed by atoms with Crippen molar-refractivity contribution in [2.24, 2.45) is 0 Å². The van der Waals surface area contributed by atoms with Gasteiger partial charge in [-0.25, -0.2) is 0 Å². The van der Waals surface area contributed by atoms with Crippen molar-refractivity contribution in [1.29, 1.82) is 0 Å². The maximum absolute atomic E-state index is 6.04. The van der Waals surface area contributed by atoms with Gasteiger partial charge in [0.25, 0.3) is 0 Å². The molecule has 1 atom stereocenters. The van der Waals surface area contributed by atoms with Gasteiger partial charge < -0.3 is 10.3 Å². The summed E-state index contributed by atoms with van der Waals surface area (Å²) in [6, 6.07) is 14.1. The normalized spacial score (nSPS) is 12.7. The molecule has 0 aliphatic heterocycles. The minimum absolute atomic E-state index is 0.237. The summed E-state index contributed by atoms with van der Waals surface area (Å²) in [5.74, 6) is 0. The van der Waals surface area contributed by atoms with Crippen LogP contribution < -0.4 is 5.32 Å². The molecule has 0 aliphatic carbocycles. The molecule has 2 nitrogen and oxygen atoms in total. The van der Waals surface area contributed by atoms with Crippen LogP contribution in [0.5, 0.6) is 0 Å². The first-order valence-corrected chi connectivity index (χ1v) is 7.63. The Labute approximate surface area is 134 Å². The Hall–Kier alpha value is -1.48. The fourth-order valence-electron chi connectivity index (χ4n) is 2.46. The van der Waals surface area contributed by atoms with Crippen LogP contribution in [-0.2, 0) is 6.54 Å². The molecule has 1 heterocycles. The van der Waals surface area contributed by atoms with Crippen LogP contribution in [-0.4, -0.2) is 4.98 Å². The van der Waals surface area contributed by atoms with Gasteiger partial charge in [-0.15, -0.1) is 0 Å². The van der Waals surface area contributed by atoms with Crippen LogP contribution in [0.1, 0.15) is 24.1 Å². The van der Waals surface area contributed by atoms with E-state index in [1.165, 1.54) is 16.5 Å². The van der Waals surface area contributed by atoms with Crippen molar-refractivity contribution >= 4 is 34.1 Å². The highest BCUT2D eigenvalue weighted by Gasteiger charge is 2.08. The van der Waals surface area contributed by atoms with E-state index in [-0.39, 0.29) is 6.04 Å². The average Bonchev–Trinajstić information content (AvgIpc) is 2.87. The number of hydrogen-bond donors (Lipinski definition) is 2. The van der Waals surface area contributed by atoms with Gasteiger partial charge in [0.05, 0.1) is 0 Å². The van der Waals surface area contributed by atoms with Gasteiger partial charge in [-0.05, 0) is 42.3 Å². The summed E-state index contributed by atoms with van der Waals surface area (Å²) in [5.41, 5.74) is 3.48. The van der Waals surface area contributed by atoms with Crippen LogP contribution in [0.2, 0.25) is 10.0 Å². The summed E-state index contributed by atoms with van der Waals surface area (Å²) in [7, 11) is 0. The lowest BCUT2D eigenvalue weighted by Crippen LogP contribution is -2.17. The predicted octanol–water partition coefficient (Wildman–Crippen LogP) is 5.33. The Morgan fingerprint density at radius 1 is 1.10 bits per heavy atom. The van der Waals surface area contributed by atoms with E-state index in [1.54, 1.807) is 0 Å². The van der Waals surface area contributed by atoms with Crippen molar-refractivity contribution in [2.45, 2.75) is 19.5 Å². The van der Waals surface area contributed by atoms with Crippen LogP contribution in [0, 0.1) is 0 Å². The summed E-state index contributed by atoms with van der Waals surface area (Å²) < 4.78 is 0. The second-order valence-electron chi connectivity index (χ2n) is 5.16. The van der Waals surface area contributed by atoms with Gasteiger partial charge in [0.2, 0.25) is 0 Å². The Balaban J connectivity index is 1.74. The molecule has 0 fully saturated rings. The van der Waals surface area contributed by atoms with Crippen LogP contribution in [0.25, 0.3) is 10.9 Å². The van der Waals surface area contributed by atoms with Gasteiger partial charge in [0, 0.05) is 39.7 Å². The zero-order valence-electron chi connectivity index (χ0n) is 11.7.